The van der Waals surface area contributed by atoms with Gasteiger partial charge in [-0.3, -0.25) is 9.78 Å². The molecule has 1 fully saturated rings. The van der Waals surface area contributed by atoms with E-state index in [9.17, 15) is 35.9 Å². The Hall–Kier alpha value is -3.84. The number of hydrogen-bond acceptors (Lipinski definition) is 7. The maximum Gasteiger partial charge on any atom is 0.434 e. The van der Waals surface area contributed by atoms with Gasteiger partial charge in [0.05, 0.1) is 24.1 Å². The number of aromatic hydroxyl groups is 1. The van der Waals surface area contributed by atoms with E-state index in [0.717, 1.165) is 22.6 Å². The summed E-state index contributed by atoms with van der Waals surface area (Å²) in [5.41, 5.74) is -0.219. The van der Waals surface area contributed by atoms with E-state index in [1.807, 2.05) is 0 Å². The highest BCUT2D eigenvalue weighted by Gasteiger charge is 2.43. The fraction of sp³-hybridized carbons (Fsp3) is 0.240. The molecule has 1 N–H and O–H groups in total. The summed E-state index contributed by atoms with van der Waals surface area (Å²) >= 11 is 0. The number of nitrogens with zero attached hydrogens (tertiary/aromatic N) is 3. The molecule has 4 aromatic rings. The number of furan rings is 1. The van der Waals surface area contributed by atoms with Crippen molar-refractivity contribution >= 4 is 26.8 Å². The molecule has 5 rings (SSSR count). The summed E-state index contributed by atoms with van der Waals surface area (Å²) < 4.78 is 84.3. The number of fused-ring (bicyclic) bond motifs is 1. The van der Waals surface area contributed by atoms with Gasteiger partial charge in [0.15, 0.2) is 11.5 Å². The second-order valence-corrected chi connectivity index (χ2v) is 10.6. The third kappa shape index (κ3) is 4.86. The predicted molar refractivity (Wildman–Crippen MR) is 126 cm³/mol. The van der Waals surface area contributed by atoms with E-state index in [1.54, 1.807) is 6.07 Å². The zero-order chi connectivity index (χ0) is 27.2. The quantitative estimate of drug-likeness (QED) is 0.332. The molecular formula is C25H19F4N3O5S. The largest absolute Gasteiger partial charge is 0.507 e. The maximum absolute atomic E-state index is 13.5. The monoisotopic (exact) mass is 549 g/mol. The van der Waals surface area contributed by atoms with Crippen LogP contribution in [0.4, 0.5) is 17.6 Å². The van der Waals surface area contributed by atoms with Gasteiger partial charge in [-0.25, -0.2) is 17.8 Å². The van der Waals surface area contributed by atoms with Crippen LogP contribution < -0.4 is 0 Å². The Morgan fingerprint density at radius 1 is 1.11 bits per heavy atom. The Bertz CT molecular complexity index is 1640. The van der Waals surface area contributed by atoms with Gasteiger partial charge in [0.2, 0.25) is 5.09 Å². The average Bonchev–Trinajstić information content (AvgIpc) is 3.26. The molecule has 0 amide bonds. The van der Waals surface area contributed by atoms with Gasteiger partial charge in [0.25, 0.3) is 10.0 Å². The van der Waals surface area contributed by atoms with Crippen LogP contribution in [0.2, 0.25) is 0 Å². The highest BCUT2D eigenvalue weighted by molar-refractivity contribution is 7.89. The van der Waals surface area contributed by atoms with Gasteiger partial charge in [-0.1, -0.05) is 6.07 Å². The molecule has 0 radical (unpaired) electrons. The topological polar surface area (TPSA) is 114 Å². The van der Waals surface area contributed by atoms with E-state index in [4.69, 9.17) is 4.42 Å². The van der Waals surface area contributed by atoms with Gasteiger partial charge in [-0.15, -0.1) is 0 Å². The molecule has 3 heterocycles. The fourth-order valence-corrected chi connectivity index (χ4v) is 5.80. The number of hydrogen-bond donors (Lipinski definition) is 1. The number of benzene rings is 2. The van der Waals surface area contributed by atoms with E-state index in [2.05, 4.69) is 9.97 Å². The van der Waals surface area contributed by atoms with Crippen molar-refractivity contribution in [2.24, 2.45) is 0 Å². The van der Waals surface area contributed by atoms with Crippen molar-refractivity contribution in [2.45, 2.75) is 36.6 Å². The number of phenolic OH excluding ortho intramolecular Hbond substituents is 1. The van der Waals surface area contributed by atoms with E-state index in [-0.39, 0.29) is 58.2 Å². The van der Waals surface area contributed by atoms with E-state index < -0.39 is 33.8 Å². The Morgan fingerprint density at radius 2 is 1.89 bits per heavy atom. The zero-order valence-corrected chi connectivity index (χ0v) is 20.3. The maximum atomic E-state index is 13.5. The van der Waals surface area contributed by atoms with Crippen LogP contribution in [0.1, 0.15) is 24.1 Å². The molecule has 2 aromatic carbocycles. The van der Waals surface area contributed by atoms with Gasteiger partial charge in [-0.05, 0) is 48.7 Å². The van der Waals surface area contributed by atoms with Gasteiger partial charge < -0.3 is 9.52 Å². The number of rotatable bonds is 7. The molecule has 0 saturated carbocycles. The molecule has 38 heavy (non-hydrogen) atoms. The van der Waals surface area contributed by atoms with Crippen molar-refractivity contribution in [3.05, 3.63) is 71.9 Å². The number of alkyl halides is 3. The lowest BCUT2D eigenvalue weighted by Gasteiger charge is -2.37. The van der Waals surface area contributed by atoms with E-state index in [0.29, 0.717) is 18.2 Å². The third-order valence-electron chi connectivity index (χ3n) is 6.30. The Labute approximate surface area is 213 Å². The van der Waals surface area contributed by atoms with Crippen molar-refractivity contribution in [1.82, 2.24) is 14.3 Å². The summed E-state index contributed by atoms with van der Waals surface area (Å²) in [6, 6.07) is 8.33. The van der Waals surface area contributed by atoms with Gasteiger partial charge in [0.1, 0.15) is 17.1 Å². The molecule has 1 saturated heterocycles. The lowest BCUT2D eigenvalue weighted by Crippen LogP contribution is -2.54. The minimum absolute atomic E-state index is 0.0191. The summed E-state index contributed by atoms with van der Waals surface area (Å²) in [5, 5.41) is 10.1. The second-order valence-electron chi connectivity index (χ2n) is 8.77. The Morgan fingerprint density at radius 3 is 2.55 bits per heavy atom. The number of ketones is 1. The first-order valence-electron chi connectivity index (χ1n) is 11.4. The molecule has 13 heteroatoms. The van der Waals surface area contributed by atoms with E-state index >= 15 is 0 Å². The number of carbonyl (C=O) groups excluding carboxylic acids is 1. The third-order valence-corrected chi connectivity index (χ3v) is 8.06. The Balaban J connectivity index is 1.28. The SMILES string of the molecule is O=C(CCc1ccc(O)c(-c2cnc(C(F)(F)F)cn2)c1)[C@@H]1CCN1S(=O)(=O)c1cc2cc(F)ccc2o1. The highest BCUT2D eigenvalue weighted by Crippen LogP contribution is 2.34. The first-order valence-corrected chi connectivity index (χ1v) is 12.8. The number of halogens is 4. The number of Topliss-reactive ketones (excluding diaryl/α,β-unsaturated/α-hetero) is 1. The summed E-state index contributed by atoms with van der Waals surface area (Å²) in [7, 11) is -4.12. The summed E-state index contributed by atoms with van der Waals surface area (Å²) in [6.45, 7) is 0.125. The molecule has 198 valence electrons. The van der Waals surface area contributed by atoms with Crippen LogP contribution in [0.3, 0.4) is 0 Å². The molecule has 1 aliphatic rings. The van der Waals surface area contributed by atoms with Gasteiger partial charge >= 0.3 is 6.18 Å². The fourth-order valence-electron chi connectivity index (χ4n) is 4.20. The molecule has 0 bridgehead atoms. The lowest BCUT2D eigenvalue weighted by molar-refractivity contribution is -0.141. The van der Waals surface area contributed by atoms with Crippen molar-refractivity contribution in [1.29, 1.82) is 0 Å². The minimum Gasteiger partial charge on any atom is -0.507 e. The average molecular weight is 550 g/mol. The minimum atomic E-state index is -4.65. The second kappa shape index (κ2) is 9.48. The van der Waals surface area contributed by atoms with Crippen molar-refractivity contribution in [3.8, 4) is 17.0 Å². The number of aromatic nitrogens is 2. The first-order chi connectivity index (χ1) is 17.9. The van der Waals surface area contributed by atoms with Crippen LogP contribution in [-0.2, 0) is 27.4 Å². The molecule has 0 spiro atoms. The molecule has 0 unspecified atom stereocenters. The molecule has 8 nitrogen and oxygen atoms in total. The number of sulfonamides is 1. The molecule has 1 atom stereocenters. The number of aryl methyl sites for hydroxylation is 1. The molecular weight excluding hydrogens is 530 g/mol. The zero-order valence-electron chi connectivity index (χ0n) is 19.4. The molecule has 1 aliphatic heterocycles. The normalized spacial score (nSPS) is 16.5. The summed E-state index contributed by atoms with van der Waals surface area (Å²) in [6.07, 6.45) is -2.69. The van der Waals surface area contributed by atoms with Crippen LogP contribution in [-0.4, -0.2) is 46.2 Å². The standard InChI is InChI=1S/C25H19F4N3O5S/c26-16-3-6-22-15(10-16)11-24(37-22)38(35,36)32-8-7-19(32)21(34)5-2-14-1-4-20(33)17(9-14)18-12-31-23(13-30-18)25(27,28)29/h1,3-4,6,9-13,19,33H,2,5,7-8H2/t19-/m0/s1. The van der Waals surface area contributed by atoms with Crippen LogP contribution in [0.25, 0.3) is 22.2 Å². The van der Waals surface area contributed by atoms with Crippen LogP contribution in [0.5, 0.6) is 5.75 Å². The van der Waals surface area contributed by atoms with Gasteiger partial charge in [0, 0.05) is 30.0 Å². The lowest BCUT2D eigenvalue weighted by atomic mass is 9.96. The predicted octanol–water partition coefficient (Wildman–Crippen LogP) is 4.72. The number of phenols is 1. The molecule has 0 aliphatic carbocycles. The van der Waals surface area contributed by atoms with Crippen molar-refractivity contribution in [3.63, 3.8) is 0 Å². The summed E-state index contributed by atoms with van der Waals surface area (Å²) in [5.74, 6) is -1.09. The summed E-state index contributed by atoms with van der Waals surface area (Å²) in [4.78, 5) is 20.0. The van der Waals surface area contributed by atoms with Crippen molar-refractivity contribution < 1.29 is 40.3 Å². The van der Waals surface area contributed by atoms with E-state index in [1.165, 1.54) is 24.3 Å². The molecule has 2 aromatic heterocycles. The van der Waals surface area contributed by atoms with Gasteiger partial charge in [-0.2, -0.15) is 17.5 Å². The van der Waals surface area contributed by atoms with Crippen LogP contribution in [0.15, 0.2) is 64.4 Å². The number of carbonyl (C=O) groups is 1. The Kier molecular flexibility index (Phi) is 6.43. The van der Waals surface area contributed by atoms with Crippen molar-refractivity contribution in [2.75, 3.05) is 6.54 Å². The van der Waals surface area contributed by atoms with Crippen LogP contribution in [0, 0.1) is 5.82 Å². The first kappa shape index (κ1) is 25.8. The smallest absolute Gasteiger partial charge is 0.434 e. The van der Waals surface area contributed by atoms with Crippen LogP contribution >= 0.6 is 0 Å². The highest BCUT2D eigenvalue weighted by atomic mass is 32.2.